The van der Waals surface area contributed by atoms with Crippen molar-refractivity contribution in [3.8, 4) is 0 Å². The third kappa shape index (κ3) is 2.59. The molecule has 6 nitrogen and oxygen atoms in total. The fourth-order valence-electron chi connectivity index (χ4n) is 3.83. The largest absolute Gasteiger partial charge is 0.477 e. The SMILES string of the molecule is NCC1CCN(c2c(F)cc3c(=O)c(C(=O)O)c[nH]c3c2C2CC2)C1. The number of nitrogens with zero attached hydrogens (tertiary/aromatic N) is 1. The van der Waals surface area contributed by atoms with Gasteiger partial charge in [-0.3, -0.25) is 4.79 Å². The molecule has 1 saturated carbocycles. The number of rotatable bonds is 4. The van der Waals surface area contributed by atoms with Crippen LogP contribution in [0.25, 0.3) is 10.9 Å². The zero-order valence-corrected chi connectivity index (χ0v) is 13.7. The van der Waals surface area contributed by atoms with Crippen LogP contribution in [0.3, 0.4) is 0 Å². The zero-order valence-electron chi connectivity index (χ0n) is 13.7. The molecule has 1 unspecified atom stereocenters. The Bertz CT molecular complexity index is 920. The predicted octanol–water partition coefficient (Wildman–Crippen LogP) is 2.03. The van der Waals surface area contributed by atoms with Gasteiger partial charge in [0.25, 0.3) is 0 Å². The van der Waals surface area contributed by atoms with E-state index in [2.05, 4.69) is 4.98 Å². The van der Waals surface area contributed by atoms with Crippen molar-refractivity contribution >= 4 is 22.6 Å². The Labute approximate surface area is 143 Å². The molecule has 1 atom stereocenters. The minimum atomic E-state index is -1.31. The molecule has 4 N–H and O–H groups in total. The number of carboxylic acids is 1. The molecule has 1 aliphatic carbocycles. The Morgan fingerprint density at radius 1 is 1.40 bits per heavy atom. The Kier molecular flexibility index (Phi) is 3.76. The minimum absolute atomic E-state index is 0.109. The second-order valence-corrected chi connectivity index (χ2v) is 6.99. The van der Waals surface area contributed by atoms with Crippen LogP contribution in [0.1, 0.15) is 41.1 Å². The lowest BCUT2D eigenvalue weighted by Crippen LogP contribution is -2.25. The predicted molar refractivity (Wildman–Crippen MR) is 92.8 cm³/mol. The number of hydrogen-bond acceptors (Lipinski definition) is 4. The molecule has 1 aromatic carbocycles. The van der Waals surface area contributed by atoms with Gasteiger partial charge in [0, 0.05) is 30.2 Å². The van der Waals surface area contributed by atoms with Crippen LogP contribution in [-0.4, -0.2) is 35.7 Å². The van der Waals surface area contributed by atoms with E-state index in [-0.39, 0.29) is 16.9 Å². The van der Waals surface area contributed by atoms with Crippen LogP contribution in [0.15, 0.2) is 17.1 Å². The van der Waals surface area contributed by atoms with Gasteiger partial charge in [-0.05, 0) is 43.7 Å². The van der Waals surface area contributed by atoms with E-state index in [9.17, 15) is 14.0 Å². The smallest absolute Gasteiger partial charge is 0.341 e. The van der Waals surface area contributed by atoms with Crippen LogP contribution in [-0.2, 0) is 0 Å². The first kappa shape index (κ1) is 16.1. The van der Waals surface area contributed by atoms with E-state index >= 15 is 0 Å². The van der Waals surface area contributed by atoms with Gasteiger partial charge in [0.1, 0.15) is 11.4 Å². The second kappa shape index (κ2) is 5.84. The van der Waals surface area contributed by atoms with Crippen molar-refractivity contribution in [2.45, 2.75) is 25.2 Å². The monoisotopic (exact) mass is 345 g/mol. The lowest BCUT2D eigenvalue weighted by molar-refractivity contribution is 0.0695. The number of carbonyl (C=O) groups is 1. The highest BCUT2D eigenvalue weighted by Gasteiger charge is 2.35. The summed E-state index contributed by atoms with van der Waals surface area (Å²) >= 11 is 0. The average molecular weight is 345 g/mol. The maximum Gasteiger partial charge on any atom is 0.341 e. The average Bonchev–Trinajstić information content (AvgIpc) is 3.31. The first-order valence-corrected chi connectivity index (χ1v) is 8.57. The maximum atomic E-state index is 15.0. The molecule has 4 rings (SSSR count). The topological polar surface area (TPSA) is 99.4 Å². The first-order chi connectivity index (χ1) is 12.0. The number of benzene rings is 1. The molecule has 0 amide bonds. The van der Waals surface area contributed by atoms with Crippen LogP contribution in [0.4, 0.5) is 10.1 Å². The molecular weight excluding hydrogens is 325 g/mol. The van der Waals surface area contributed by atoms with Gasteiger partial charge < -0.3 is 20.7 Å². The molecule has 2 aliphatic rings. The lowest BCUT2D eigenvalue weighted by Gasteiger charge is -2.24. The lowest BCUT2D eigenvalue weighted by atomic mass is 10.0. The van der Waals surface area contributed by atoms with Gasteiger partial charge in [-0.2, -0.15) is 0 Å². The summed E-state index contributed by atoms with van der Waals surface area (Å²) in [5.74, 6) is -1.22. The van der Waals surface area contributed by atoms with E-state index in [1.165, 1.54) is 12.3 Å². The Morgan fingerprint density at radius 2 is 2.16 bits per heavy atom. The van der Waals surface area contributed by atoms with Gasteiger partial charge in [0.2, 0.25) is 5.43 Å². The van der Waals surface area contributed by atoms with Gasteiger partial charge in [-0.1, -0.05) is 0 Å². The fraction of sp³-hybridized carbons (Fsp3) is 0.444. The van der Waals surface area contributed by atoms with E-state index in [1.807, 2.05) is 4.90 Å². The van der Waals surface area contributed by atoms with Crippen LogP contribution in [0.5, 0.6) is 0 Å². The number of carboxylic acid groups (broad SMARTS) is 1. The molecule has 2 aromatic rings. The van der Waals surface area contributed by atoms with E-state index in [0.29, 0.717) is 30.2 Å². The fourth-order valence-corrected chi connectivity index (χ4v) is 3.83. The van der Waals surface area contributed by atoms with Gasteiger partial charge >= 0.3 is 5.97 Å². The molecule has 132 valence electrons. The number of anilines is 1. The van der Waals surface area contributed by atoms with Crippen molar-refractivity contribution < 1.29 is 14.3 Å². The normalized spacial score (nSPS) is 20.4. The van der Waals surface area contributed by atoms with Gasteiger partial charge in [0.15, 0.2) is 0 Å². The van der Waals surface area contributed by atoms with Crippen molar-refractivity contribution in [3.05, 3.63) is 39.4 Å². The summed E-state index contributed by atoms with van der Waals surface area (Å²) in [6.07, 6.45) is 4.03. The van der Waals surface area contributed by atoms with Crippen molar-refractivity contribution in [2.75, 3.05) is 24.5 Å². The van der Waals surface area contributed by atoms with Gasteiger partial charge in [-0.25, -0.2) is 9.18 Å². The molecule has 2 fully saturated rings. The molecule has 25 heavy (non-hydrogen) atoms. The van der Waals surface area contributed by atoms with Crippen LogP contribution in [0, 0.1) is 11.7 Å². The van der Waals surface area contributed by atoms with E-state index in [1.54, 1.807) is 0 Å². The number of halogens is 1. The highest BCUT2D eigenvalue weighted by molar-refractivity contribution is 5.95. The number of H-pyrrole nitrogens is 1. The summed E-state index contributed by atoms with van der Waals surface area (Å²) in [5.41, 5.74) is 6.65. The van der Waals surface area contributed by atoms with E-state index in [0.717, 1.165) is 31.4 Å². The van der Waals surface area contributed by atoms with Crippen molar-refractivity contribution in [3.63, 3.8) is 0 Å². The number of aromatic carboxylic acids is 1. The molecule has 0 bridgehead atoms. The molecule has 0 spiro atoms. The number of hydrogen-bond donors (Lipinski definition) is 3. The quantitative estimate of drug-likeness (QED) is 0.787. The molecular formula is C18H20FN3O3. The zero-order chi connectivity index (χ0) is 17.7. The molecule has 1 aliphatic heterocycles. The standard InChI is InChI=1S/C18H20FN3O3/c19-13-5-11-15(21-7-12(17(11)23)18(24)25)14(10-1-2-10)16(13)22-4-3-9(6-20)8-22/h5,7,9-10H,1-4,6,8,20H2,(H,21,23)(H,24,25). The third-order valence-corrected chi connectivity index (χ3v) is 5.29. The highest BCUT2D eigenvalue weighted by Crippen LogP contribution is 2.48. The molecule has 0 radical (unpaired) electrons. The summed E-state index contributed by atoms with van der Waals surface area (Å²) in [5, 5.41) is 9.24. The summed E-state index contributed by atoms with van der Waals surface area (Å²) in [6.45, 7) is 2.01. The minimum Gasteiger partial charge on any atom is -0.477 e. The van der Waals surface area contributed by atoms with Crippen molar-refractivity contribution in [2.24, 2.45) is 11.7 Å². The third-order valence-electron chi connectivity index (χ3n) is 5.29. The molecule has 2 heterocycles. The summed E-state index contributed by atoms with van der Waals surface area (Å²) < 4.78 is 15.0. The number of nitrogens with two attached hydrogens (primary N) is 1. The van der Waals surface area contributed by atoms with Crippen molar-refractivity contribution in [1.29, 1.82) is 0 Å². The summed E-state index contributed by atoms with van der Waals surface area (Å²) in [7, 11) is 0. The molecule has 1 saturated heterocycles. The first-order valence-electron chi connectivity index (χ1n) is 8.57. The summed E-state index contributed by atoms with van der Waals surface area (Å²) in [4.78, 5) is 28.6. The van der Waals surface area contributed by atoms with Gasteiger partial charge in [-0.15, -0.1) is 0 Å². The highest BCUT2D eigenvalue weighted by atomic mass is 19.1. The number of fused-ring (bicyclic) bond motifs is 1. The second-order valence-electron chi connectivity index (χ2n) is 6.99. The maximum absolute atomic E-state index is 15.0. The Hall–Kier alpha value is -2.41. The number of nitrogens with one attached hydrogen (secondary N) is 1. The van der Waals surface area contributed by atoms with E-state index < -0.39 is 17.2 Å². The number of aromatic nitrogens is 1. The molecule has 7 heteroatoms. The van der Waals surface area contributed by atoms with E-state index in [4.69, 9.17) is 10.8 Å². The number of pyridine rings is 1. The number of aromatic amines is 1. The van der Waals surface area contributed by atoms with Crippen LogP contribution in [0.2, 0.25) is 0 Å². The molecule has 1 aromatic heterocycles. The van der Waals surface area contributed by atoms with Crippen LogP contribution >= 0.6 is 0 Å². The van der Waals surface area contributed by atoms with Gasteiger partial charge in [0.05, 0.1) is 11.2 Å². The Morgan fingerprint density at radius 3 is 2.76 bits per heavy atom. The van der Waals surface area contributed by atoms with Crippen molar-refractivity contribution in [1.82, 2.24) is 4.98 Å². The summed E-state index contributed by atoms with van der Waals surface area (Å²) in [6, 6.07) is 1.18. The Balaban J connectivity index is 1.94. The van der Waals surface area contributed by atoms with Crippen LogP contribution < -0.4 is 16.1 Å².